The molecule has 2 atom stereocenters. The first-order chi connectivity index (χ1) is 8.74. The highest BCUT2D eigenvalue weighted by Crippen LogP contribution is 2.37. The van der Waals surface area contributed by atoms with Crippen LogP contribution in [0.2, 0.25) is 5.02 Å². The number of benzene rings is 1. The van der Waals surface area contributed by atoms with E-state index < -0.39 is 0 Å². The lowest BCUT2D eigenvalue weighted by Gasteiger charge is -2.12. The fourth-order valence-corrected chi connectivity index (χ4v) is 2.16. The smallest absolute Gasteiger partial charge is 0.182 e. The highest BCUT2D eigenvalue weighted by Gasteiger charge is 2.32. The Morgan fingerprint density at radius 3 is 2.72 bits per heavy atom. The lowest BCUT2D eigenvalue weighted by Crippen LogP contribution is -2.10. The second-order valence-electron chi connectivity index (χ2n) is 4.18. The van der Waals surface area contributed by atoms with Crippen LogP contribution in [0.25, 0.3) is 0 Å². The number of rotatable bonds is 2. The zero-order chi connectivity index (χ0) is 12.5. The summed E-state index contributed by atoms with van der Waals surface area (Å²) in [4.78, 5) is 1.45. The molecule has 7 heteroatoms. The van der Waals surface area contributed by atoms with Crippen molar-refractivity contribution in [2.75, 3.05) is 6.54 Å². The van der Waals surface area contributed by atoms with Crippen molar-refractivity contribution < 1.29 is 0 Å². The summed E-state index contributed by atoms with van der Waals surface area (Å²) in [5.41, 5.74) is 1.07. The standard InChI is InChI=1S/C11H11ClN6/c1-18-16-11(15-17-18)9-6-13-14-10(9)7-2-4-8(12)5-3-7/h2-5,9-10H,6H2,1H3. The quantitative estimate of drug-likeness (QED) is 0.833. The van der Waals surface area contributed by atoms with Gasteiger partial charge in [0.15, 0.2) is 5.82 Å². The number of nitrogens with zero attached hydrogens (tertiary/aromatic N) is 6. The van der Waals surface area contributed by atoms with Crippen LogP contribution in [0.4, 0.5) is 0 Å². The fourth-order valence-electron chi connectivity index (χ4n) is 2.03. The molecular weight excluding hydrogens is 252 g/mol. The normalized spacial score (nSPS) is 22.6. The second kappa shape index (κ2) is 4.45. The topological polar surface area (TPSA) is 68.3 Å². The molecule has 0 bridgehead atoms. The van der Waals surface area contributed by atoms with Gasteiger partial charge >= 0.3 is 0 Å². The third-order valence-corrected chi connectivity index (χ3v) is 3.18. The van der Waals surface area contributed by atoms with Crippen molar-refractivity contribution >= 4 is 11.6 Å². The molecule has 1 aromatic heterocycles. The van der Waals surface area contributed by atoms with Gasteiger partial charge in [0.1, 0.15) is 6.04 Å². The minimum Gasteiger partial charge on any atom is -0.193 e. The van der Waals surface area contributed by atoms with Crippen molar-refractivity contribution in [2.24, 2.45) is 17.3 Å². The maximum Gasteiger partial charge on any atom is 0.182 e. The molecule has 0 N–H and O–H groups in total. The van der Waals surface area contributed by atoms with E-state index in [1.807, 2.05) is 24.3 Å². The van der Waals surface area contributed by atoms with E-state index in [4.69, 9.17) is 11.6 Å². The molecule has 92 valence electrons. The molecule has 0 spiro atoms. The Bertz CT molecular complexity index is 575. The summed E-state index contributed by atoms with van der Waals surface area (Å²) in [6.07, 6.45) is 0. The van der Waals surface area contributed by atoms with Crippen molar-refractivity contribution in [3.8, 4) is 0 Å². The molecule has 0 amide bonds. The summed E-state index contributed by atoms with van der Waals surface area (Å²) in [6, 6.07) is 7.57. The first-order valence-electron chi connectivity index (χ1n) is 5.60. The van der Waals surface area contributed by atoms with Gasteiger partial charge in [-0.1, -0.05) is 23.7 Å². The minimum atomic E-state index is -0.0496. The highest BCUT2D eigenvalue weighted by molar-refractivity contribution is 6.30. The van der Waals surface area contributed by atoms with Gasteiger partial charge in [-0.2, -0.15) is 15.0 Å². The number of halogens is 1. The van der Waals surface area contributed by atoms with E-state index in [9.17, 15) is 0 Å². The first-order valence-corrected chi connectivity index (χ1v) is 5.98. The van der Waals surface area contributed by atoms with Crippen molar-refractivity contribution in [3.63, 3.8) is 0 Å². The minimum absolute atomic E-state index is 0.0496. The predicted molar refractivity (Wildman–Crippen MR) is 65.5 cm³/mol. The van der Waals surface area contributed by atoms with Gasteiger partial charge < -0.3 is 0 Å². The van der Waals surface area contributed by atoms with Gasteiger partial charge in [-0.3, -0.25) is 0 Å². The van der Waals surface area contributed by atoms with Gasteiger partial charge in [0.05, 0.1) is 19.5 Å². The molecule has 0 saturated heterocycles. The molecule has 0 radical (unpaired) electrons. The van der Waals surface area contributed by atoms with Crippen LogP contribution in [-0.4, -0.2) is 26.8 Å². The Morgan fingerprint density at radius 1 is 1.28 bits per heavy atom. The Labute approximate surface area is 109 Å². The molecule has 6 nitrogen and oxygen atoms in total. The van der Waals surface area contributed by atoms with Crippen LogP contribution in [0.5, 0.6) is 0 Å². The van der Waals surface area contributed by atoms with Crippen molar-refractivity contribution in [2.45, 2.75) is 12.0 Å². The number of tetrazole rings is 1. The number of hydrogen-bond donors (Lipinski definition) is 0. The number of azo groups is 1. The lowest BCUT2D eigenvalue weighted by atomic mass is 9.94. The van der Waals surface area contributed by atoms with E-state index in [0.29, 0.717) is 17.4 Å². The summed E-state index contributed by atoms with van der Waals surface area (Å²) in [5.74, 6) is 0.738. The number of aryl methyl sites for hydroxylation is 1. The summed E-state index contributed by atoms with van der Waals surface area (Å²) in [5, 5.41) is 21.2. The first kappa shape index (κ1) is 11.3. The third-order valence-electron chi connectivity index (χ3n) is 2.93. The van der Waals surface area contributed by atoms with Crippen molar-refractivity contribution in [3.05, 3.63) is 40.7 Å². The third kappa shape index (κ3) is 1.99. The fraction of sp³-hybridized carbons (Fsp3) is 0.364. The zero-order valence-electron chi connectivity index (χ0n) is 9.73. The molecule has 3 rings (SSSR count). The summed E-state index contributed by atoms with van der Waals surface area (Å²) < 4.78 is 0. The molecule has 2 aromatic rings. The monoisotopic (exact) mass is 262 g/mol. The molecular formula is C11H11ClN6. The molecule has 2 unspecified atom stereocenters. The highest BCUT2D eigenvalue weighted by atomic mass is 35.5. The van der Waals surface area contributed by atoms with Crippen LogP contribution < -0.4 is 0 Å². The van der Waals surface area contributed by atoms with Crippen LogP contribution in [0.1, 0.15) is 23.3 Å². The van der Waals surface area contributed by atoms with Gasteiger partial charge in [-0.15, -0.1) is 10.2 Å². The maximum absolute atomic E-state index is 5.88. The zero-order valence-corrected chi connectivity index (χ0v) is 10.5. The second-order valence-corrected chi connectivity index (χ2v) is 4.62. The van der Waals surface area contributed by atoms with E-state index in [1.54, 1.807) is 7.05 Å². The summed E-state index contributed by atoms with van der Waals surface area (Å²) in [6.45, 7) is 0.596. The Balaban J connectivity index is 1.91. The van der Waals surface area contributed by atoms with E-state index in [-0.39, 0.29) is 12.0 Å². The largest absolute Gasteiger partial charge is 0.193 e. The van der Waals surface area contributed by atoms with Gasteiger partial charge in [-0.25, -0.2) is 0 Å². The number of aromatic nitrogens is 4. The predicted octanol–water partition coefficient (Wildman–Crippen LogP) is 2.15. The van der Waals surface area contributed by atoms with Gasteiger partial charge in [-0.05, 0) is 22.9 Å². The van der Waals surface area contributed by atoms with E-state index >= 15 is 0 Å². The molecule has 0 saturated carbocycles. The average Bonchev–Trinajstić information content (AvgIpc) is 2.98. The van der Waals surface area contributed by atoms with E-state index in [1.165, 1.54) is 4.80 Å². The van der Waals surface area contributed by atoms with Crippen LogP contribution >= 0.6 is 11.6 Å². The molecule has 0 aliphatic carbocycles. The van der Waals surface area contributed by atoms with Crippen LogP contribution in [0.15, 0.2) is 34.5 Å². The molecule has 1 aliphatic rings. The van der Waals surface area contributed by atoms with E-state index in [2.05, 4.69) is 25.6 Å². The molecule has 0 fully saturated rings. The van der Waals surface area contributed by atoms with Crippen molar-refractivity contribution in [1.82, 2.24) is 20.2 Å². The maximum atomic E-state index is 5.88. The Hall–Kier alpha value is -1.82. The molecule has 2 heterocycles. The Kier molecular flexibility index (Phi) is 2.79. The molecule has 1 aliphatic heterocycles. The molecule has 18 heavy (non-hydrogen) atoms. The van der Waals surface area contributed by atoms with Gasteiger partial charge in [0.25, 0.3) is 0 Å². The lowest BCUT2D eigenvalue weighted by molar-refractivity contribution is 0.587. The average molecular weight is 263 g/mol. The van der Waals surface area contributed by atoms with Gasteiger partial charge in [0, 0.05) is 5.02 Å². The van der Waals surface area contributed by atoms with Crippen LogP contribution in [-0.2, 0) is 7.05 Å². The van der Waals surface area contributed by atoms with E-state index in [0.717, 1.165) is 5.56 Å². The summed E-state index contributed by atoms with van der Waals surface area (Å²) >= 11 is 5.88. The van der Waals surface area contributed by atoms with Crippen LogP contribution in [0.3, 0.4) is 0 Å². The Morgan fingerprint density at radius 2 is 2.06 bits per heavy atom. The van der Waals surface area contributed by atoms with Gasteiger partial charge in [0.2, 0.25) is 0 Å². The summed E-state index contributed by atoms with van der Waals surface area (Å²) in [7, 11) is 1.75. The SMILES string of the molecule is Cn1nnc(C2CN=NC2c2ccc(Cl)cc2)n1. The van der Waals surface area contributed by atoms with Crippen molar-refractivity contribution in [1.29, 1.82) is 0 Å². The van der Waals surface area contributed by atoms with Crippen LogP contribution in [0, 0.1) is 0 Å². The number of hydrogen-bond acceptors (Lipinski definition) is 5. The molecule has 1 aromatic carbocycles.